The Hall–Kier alpha value is -2.05. The highest BCUT2D eigenvalue weighted by molar-refractivity contribution is 7.71. The zero-order valence-corrected chi connectivity index (χ0v) is 29.0. The number of aromatic nitrogens is 6. The summed E-state index contributed by atoms with van der Waals surface area (Å²) in [5.74, 6) is 0. The maximum absolute atomic E-state index is 11.2. The van der Waals surface area contributed by atoms with E-state index in [0.717, 1.165) is 42.4 Å². The van der Waals surface area contributed by atoms with Gasteiger partial charge in [-0.05, 0) is 79.8 Å². The van der Waals surface area contributed by atoms with Gasteiger partial charge in [0.25, 0.3) is 0 Å². The molecule has 0 spiro atoms. The quantitative estimate of drug-likeness (QED) is 0.102. The maximum Gasteiger partial charge on any atom is 0.215 e. The standard InChI is InChI=1S/C15H18ClN3OS.C14H15Cl2N3OS.C2H6/c1-11-4-2-3-5-12(11)8-15(20,14(16)6-7-14)9-19-13(21)17-10-18-19;15-11-4-2-1-3-10(11)7-14(20,13(16)5-6-13)8-19-12(21)17-9-18-19;1-2/h2-5,10,20H,6-9H2,1H3,(H,17,18,21);1-4,9,20H,5-8H2,(H,17,18,21);1-2H3. The molecule has 44 heavy (non-hydrogen) atoms. The van der Waals surface area contributed by atoms with Gasteiger partial charge in [0.05, 0.1) is 22.8 Å². The molecule has 8 nitrogen and oxygen atoms in total. The molecule has 2 fully saturated rings. The lowest BCUT2D eigenvalue weighted by Crippen LogP contribution is -2.47. The molecule has 13 heteroatoms. The Morgan fingerprint density at radius 2 is 1.18 bits per heavy atom. The molecule has 0 bridgehead atoms. The second kappa shape index (κ2) is 14.2. The Labute approximate surface area is 283 Å². The summed E-state index contributed by atoms with van der Waals surface area (Å²) in [4.78, 5) is 6.76. The van der Waals surface area contributed by atoms with E-state index in [-0.39, 0.29) is 6.54 Å². The molecule has 2 heterocycles. The monoisotopic (exact) mass is 696 g/mol. The molecule has 2 aromatic carbocycles. The fourth-order valence-electron chi connectivity index (χ4n) is 5.25. The number of hydrogen-bond donors (Lipinski definition) is 4. The van der Waals surface area contributed by atoms with Crippen LogP contribution in [0.5, 0.6) is 0 Å². The van der Waals surface area contributed by atoms with Gasteiger partial charge in [0, 0.05) is 17.9 Å². The molecular formula is C31H39Cl3N6O2S2. The van der Waals surface area contributed by atoms with Gasteiger partial charge in [-0.25, -0.2) is 9.97 Å². The largest absolute Gasteiger partial charge is 0.386 e. The van der Waals surface area contributed by atoms with Crippen LogP contribution in [0.25, 0.3) is 0 Å². The minimum atomic E-state index is -1.13. The highest BCUT2D eigenvalue weighted by Gasteiger charge is 2.59. The normalized spacial score (nSPS) is 18.5. The van der Waals surface area contributed by atoms with E-state index in [1.807, 2.05) is 69.3 Å². The SMILES string of the molecule is CC.Cc1ccccc1CC(O)(Cn1[nH]cnc1=S)C1(Cl)CC1.OC(Cc1ccccc1Cl)(Cn1[nH]cnc1=S)C1(Cl)CC1. The van der Waals surface area contributed by atoms with E-state index in [2.05, 4.69) is 20.2 Å². The molecule has 2 aliphatic rings. The summed E-state index contributed by atoms with van der Waals surface area (Å²) in [6.45, 7) is 6.63. The van der Waals surface area contributed by atoms with Crippen LogP contribution in [0, 0.1) is 16.5 Å². The lowest BCUT2D eigenvalue weighted by molar-refractivity contribution is 0.00686. The second-order valence-corrected chi connectivity index (χ2v) is 14.0. The highest BCUT2D eigenvalue weighted by Crippen LogP contribution is 2.54. The number of rotatable bonds is 10. The van der Waals surface area contributed by atoms with Crippen molar-refractivity contribution < 1.29 is 10.2 Å². The van der Waals surface area contributed by atoms with Crippen LogP contribution in [-0.2, 0) is 25.9 Å². The predicted octanol–water partition coefficient (Wildman–Crippen LogP) is 7.36. The van der Waals surface area contributed by atoms with Crippen LogP contribution >= 0.6 is 59.2 Å². The molecule has 2 aliphatic carbocycles. The van der Waals surface area contributed by atoms with Crippen molar-refractivity contribution >= 4 is 59.2 Å². The third-order valence-electron chi connectivity index (χ3n) is 8.31. The number of aliphatic hydroxyl groups is 2. The van der Waals surface area contributed by atoms with E-state index in [1.54, 1.807) is 9.36 Å². The Bertz CT molecular complexity index is 1540. The molecule has 0 saturated heterocycles. The van der Waals surface area contributed by atoms with Crippen molar-refractivity contribution in [3.05, 3.63) is 92.4 Å². The molecular weight excluding hydrogens is 659 g/mol. The smallest absolute Gasteiger partial charge is 0.215 e. The fraction of sp³-hybridized carbons (Fsp3) is 0.484. The van der Waals surface area contributed by atoms with Crippen LogP contribution in [0.1, 0.15) is 56.2 Å². The van der Waals surface area contributed by atoms with Crippen LogP contribution in [0.2, 0.25) is 5.02 Å². The van der Waals surface area contributed by atoms with Gasteiger partial charge in [0.2, 0.25) is 9.54 Å². The van der Waals surface area contributed by atoms with Crippen molar-refractivity contribution in [2.45, 2.75) is 93.3 Å². The summed E-state index contributed by atoms with van der Waals surface area (Å²) < 4.78 is 4.14. The average Bonchev–Trinajstić information content (AvgIpc) is 3.87. The van der Waals surface area contributed by atoms with Crippen LogP contribution in [0.15, 0.2) is 61.2 Å². The minimum absolute atomic E-state index is 0.264. The summed E-state index contributed by atoms with van der Waals surface area (Å²) in [6, 6.07) is 15.5. The molecule has 0 aliphatic heterocycles. The summed E-state index contributed by atoms with van der Waals surface area (Å²) in [5.41, 5.74) is 0.957. The number of aromatic amines is 2. The van der Waals surface area contributed by atoms with Crippen molar-refractivity contribution in [1.29, 1.82) is 0 Å². The van der Waals surface area contributed by atoms with E-state index in [4.69, 9.17) is 59.2 Å². The molecule has 2 atom stereocenters. The Kier molecular flexibility index (Phi) is 11.2. The first-order valence-corrected chi connectivity index (χ1v) is 16.6. The van der Waals surface area contributed by atoms with Gasteiger partial charge in [-0.15, -0.1) is 23.2 Å². The molecule has 4 aromatic rings. The van der Waals surface area contributed by atoms with Crippen LogP contribution in [-0.4, -0.2) is 60.7 Å². The van der Waals surface area contributed by atoms with E-state index >= 15 is 0 Å². The number of aryl methyl sites for hydroxylation is 1. The lowest BCUT2D eigenvalue weighted by Gasteiger charge is -2.33. The van der Waals surface area contributed by atoms with E-state index in [1.165, 1.54) is 12.7 Å². The van der Waals surface area contributed by atoms with Gasteiger partial charge >= 0.3 is 0 Å². The average molecular weight is 698 g/mol. The van der Waals surface area contributed by atoms with Gasteiger partial charge in [0.15, 0.2) is 0 Å². The lowest BCUT2D eigenvalue weighted by atomic mass is 9.87. The van der Waals surface area contributed by atoms with Crippen molar-refractivity contribution in [3.8, 4) is 0 Å². The first-order valence-electron chi connectivity index (χ1n) is 14.7. The van der Waals surface area contributed by atoms with Crippen molar-refractivity contribution in [1.82, 2.24) is 29.5 Å². The number of H-pyrrole nitrogens is 2. The first-order chi connectivity index (χ1) is 20.9. The van der Waals surface area contributed by atoms with E-state index in [9.17, 15) is 10.2 Å². The topological polar surface area (TPSA) is 108 Å². The number of alkyl halides is 2. The van der Waals surface area contributed by atoms with Crippen molar-refractivity contribution in [3.63, 3.8) is 0 Å². The Morgan fingerprint density at radius 1 is 0.773 bits per heavy atom. The number of halogens is 3. The third kappa shape index (κ3) is 7.84. The fourth-order valence-corrected chi connectivity index (χ4v) is 6.23. The summed E-state index contributed by atoms with van der Waals surface area (Å²) in [7, 11) is 0. The van der Waals surface area contributed by atoms with Gasteiger partial charge in [-0.3, -0.25) is 19.6 Å². The number of benzene rings is 2. The minimum Gasteiger partial charge on any atom is -0.386 e. The summed E-state index contributed by atoms with van der Waals surface area (Å²) >= 11 is 29.6. The van der Waals surface area contributed by atoms with Gasteiger partial charge < -0.3 is 10.2 Å². The number of nitrogens with zero attached hydrogens (tertiary/aromatic N) is 4. The molecule has 6 rings (SSSR count). The first kappa shape index (κ1) is 34.8. The zero-order valence-electron chi connectivity index (χ0n) is 25.1. The number of hydrogen-bond acceptors (Lipinski definition) is 6. The Balaban J connectivity index is 0.000000190. The highest BCUT2D eigenvalue weighted by atomic mass is 35.5. The molecule has 0 amide bonds. The van der Waals surface area contributed by atoms with Gasteiger partial charge in [0.1, 0.15) is 23.9 Å². The Morgan fingerprint density at radius 3 is 1.57 bits per heavy atom. The van der Waals surface area contributed by atoms with Gasteiger partial charge in [-0.2, -0.15) is 0 Å². The van der Waals surface area contributed by atoms with Crippen LogP contribution in [0.4, 0.5) is 0 Å². The zero-order chi connectivity index (χ0) is 32.2. The summed E-state index contributed by atoms with van der Waals surface area (Å²) in [5, 5.41) is 28.9. The van der Waals surface area contributed by atoms with Gasteiger partial charge in [-0.1, -0.05) is 67.9 Å². The van der Waals surface area contributed by atoms with Crippen molar-refractivity contribution in [2.75, 3.05) is 0 Å². The number of nitrogens with one attached hydrogen (secondary N) is 2. The molecule has 2 unspecified atom stereocenters. The van der Waals surface area contributed by atoms with Crippen LogP contribution < -0.4 is 0 Å². The molecule has 2 saturated carbocycles. The summed E-state index contributed by atoms with van der Waals surface area (Å²) in [6.07, 6.45) is 7.10. The maximum atomic E-state index is 11.2. The molecule has 4 N–H and O–H groups in total. The van der Waals surface area contributed by atoms with Crippen molar-refractivity contribution in [2.24, 2.45) is 0 Å². The van der Waals surface area contributed by atoms with E-state index in [0.29, 0.717) is 34.0 Å². The second-order valence-electron chi connectivity index (χ2n) is 11.4. The predicted molar refractivity (Wildman–Crippen MR) is 182 cm³/mol. The molecule has 0 radical (unpaired) electrons. The molecule has 238 valence electrons. The van der Waals surface area contributed by atoms with E-state index < -0.39 is 21.0 Å². The van der Waals surface area contributed by atoms with Crippen LogP contribution in [0.3, 0.4) is 0 Å². The third-order valence-corrected chi connectivity index (χ3v) is 10.8. The molecule has 2 aromatic heterocycles.